The number of para-hydroxylation sites is 1. The van der Waals surface area contributed by atoms with E-state index in [9.17, 15) is 9.59 Å². The van der Waals surface area contributed by atoms with Crippen LogP contribution in [-0.2, 0) is 0 Å². The van der Waals surface area contributed by atoms with Crippen LogP contribution < -0.4 is 16.1 Å². The molecule has 0 aliphatic rings. The quantitative estimate of drug-likeness (QED) is 0.444. The van der Waals surface area contributed by atoms with Crippen LogP contribution in [-0.4, -0.2) is 11.0 Å². The summed E-state index contributed by atoms with van der Waals surface area (Å²) in [5, 5.41) is 6.77. The van der Waals surface area contributed by atoms with Crippen LogP contribution in [0.3, 0.4) is 0 Å². The number of rotatable bonds is 4. The van der Waals surface area contributed by atoms with Crippen LogP contribution in [0.25, 0.3) is 10.9 Å². The Balaban J connectivity index is 1.73. The van der Waals surface area contributed by atoms with Crippen LogP contribution in [0.1, 0.15) is 17.2 Å². The SMILES string of the molecule is O=C(Nc1ccccc1)NC(c1ccccc1)c1c[nH]c2cc(Cl)ccc2c1=O. The van der Waals surface area contributed by atoms with E-state index in [1.165, 1.54) is 0 Å². The molecule has 0 radical (unpaired) electrons. The zero-order valence-electron chi connectivity index (χ0n) is 15.4. The molecule has 1 atom stereocenters. The standard InChI is InChI=1S/C23H18ClN3O2/c24-16-11-12-18-20(13-16)25-14-19(22(18)28)21(15-7-3-1-4-8-15)27-23(29)26-17-9-5-2-6-10-17/h1-14,21H,(H,25,28)(H2,26,27,29). The maximum Gasteiger partial charge on any atom is 0.319 e. The van der Waals surface area contributed by atoms with Crippen LogP contribution in [0.15, 0.2) is 89.9 Å². The molecule has 2 amide bonds. The number of H-pyrrole nitrogens is 1. The van der Waals surface area contributed by atoms with Crippen molar-refractivity contribution in [1.82, 2.24) is 10.3 Å². The predicted molar refractivity (Wildman–Crippen MR) is 116 cm³/mol. The number of aromatic amines is 1. The Kier molecular flexibility index (Phi) is 5.31. The first-order valence-electron chi connectivity index (χ1n) is 9.10. The van der Waals surface area contributed by atoms with E-state index >= 15 is 0 Å². The summed E-state index contributed by atoms with van der Waals surface area (Å²) in [7, 11) is 0. The number of anilines is 1. The van der Waals surface area contributed by atoms with E-state index in [1.54, 1.807) is 36.5 Å². The number of amides is 2. The van der Waals surface area contributed by atoms with E-state index in [-0.39, 0.29) is 5.43 Å². The molecular weight excluding hydrogens is 386 g/mol. The van der Waals surface area contributed by atoms with Gasteiger partial charge in [0.1, 0.15) is 0 Å². The molecule has 3 aromatic carbocycles. The number of hydrogen-bond donors (Lipinski definition) is 3. The summed E-state index contributed by atoms with van der Waals surface area (Å²) in [5.74, 6) is 0. The third-order valence-corrected chi connectivity index (χ3v) is 4.86. The van der Waals surface area contributed by atoms with Crippen molar-refractivity contribution in [3.63, 3.8) is 0 Å². The lowest BCUT2D eigenvalue weighted by molar-refractivity contribution is 0.250. The van der Waals surface area contributed by atoms with Gasteiger partial charge in [0.2, 0.25) is 0 Å². The Hall–Kier alpha value is -3.57. The average molecular weight is 404 g/mol. The summed E-state index contributed by atoms with van der Waals surface area (Å²) >= 11 is 6.03. The summed E-state index contributed by atoms with van der Waals surface area (Å²) in [6.45, 7) is 0. The Labute approximate surface area is 172 Å². The molecule has 1 unspecified atom stereocenters. The molecule has 0 aliphatic carbocycles. The fraction of sp³-hybridized carbons (Fsp3) is 0.0435. The lowest BCUT2D eigenvalue weighted by Crippen LogP contribution is -2.35. The topological polar surface area (TPSA) is 74.0 Å². The van der Waals surface area contributed by atoms with Crippen LogP contribution >= 0.6 is 11.6 Å². The molecule has 1 aromatic heterocycles. The fourth-order valence-corrected chi connectivity index (χ4v) is 3.40. The Morgan fingerprint density at radius 2 is 1.62 bits per heavy atom. The molecule has 0 bridgehead atoms. The smallest absolute Gasteiger partial charge is 0.319 e. The maximum absolute atomic E-state index is 13.2. The van der Waals surface area contributed by atoms with Crippen molar-refractivity contribution in [3.05, 3.63) is 111 Å². The summed E-state index contributed by atoms with van der Waals surface area (Å²) in [6.07, 6.45) is 1.63. The number of halogens is 1. The Bertz CT molecular complexity index is 1210. The lowest BCUT2D eigenvalue weighted by atomic mass is 9.98. The number of benzene rings is 3. The first-order chi connectivity index (χ1) is 14.1. The predicted octanol–water partition coefficient (Wildman–Crippen LogP) is 5.09. The number of aromatic nitrogens is 1. The molecule has 29 heavy (non-hydrogen) atoms. The van der Waals surface area contributed by atoms with E-state index in [1.807, 2.05) is 48.5 Å². The van der Waals surface area contributed by atoms with Crippen molar-refractivity contribution >= 4 is 34.2 Å². The number of carbonyl (C=O) groups excluding carboxylic acids is 1. The van der Waals surface area contributed by atoms with Gasteiger partial charge in [0.25, 0.3) is 0 Å². The second kappa shape index (κ2) is 8.20. The van der Waals surface area contributed by atoms with Crippen LogP contribution in [0.2, 0.25) is 5.02 Å². The highest BCUT2D eigenvalue weighted by atomic mass is 35.5. The maximum atomic E-state index is 13.2. The summed E-state index contributed by atoms with van der Waals surface area (Å²) < 4.78 is 0. The normalized spacial score (nSPS) is 11.8. The number of nitrogens with one attached hydrogen (secondary N) is 3. The van der Waals surface area contributed by atoms with E-state index in [4.69, 9.17) is 11.6 Å². The summed E-state index contributed by atoms with van der Waals surface area (Å²) in [6, 6.07) is 22.6. The minimum Gasteiger partial charge on any atom is -0.361 e. The number of urea groups is 1. The van der Waals surface area contributed by atoms with Gasteiger partial charge in [-0.3, -0.25) is 4.79 Å². The molecule has 0 saturated heterocycles. The molecule has 1 heterocycles. The zero-order valence-corrected chi connectivity index (χ0v) is 16.1. The van der Waals surface area contributed by atoms with E-state index in [0.29, 0.717) is 27.2 Å². The van der Waals surface area contributed by atoms with Crippen LogP contribution in [0, 0.1) is 0 Å². The van der Waals surface area contributed by atoms with Gasteiger partial charge < -0.3 is 15.6 Å². The first-order valence-corrected chi connectivity index (χ1v) is 9.48. The van der Waals surface area contributed by atoms with Crippen LogP contribution in [0.5, 0.6) is 0 Å². The second-order valence-corrected chi connectivity index (χ2v) is 7.01. The highest BCUT2D eigenvalue weighted by Gasteiger charge is 2.21. The van der Waals surface area contributed by atoms with Gasteiger partial charge in [-0.05, 0) is 35.9 Å². The molecule has 0 saturated carbocycles. The summed E-state index contributed by atoms with van der Waals surface area (Å²) in [5.41, 5.74) is 2.39. The van der Waals surface area contributed by atoms with Gasteiger partial charge in [0.05, 0.1) is 11.6 Å². The van der Waals surface area contributed by atoms with Crippen molar-refractivity contribution in [2.45, 2.75) is 6.04 Å². The van der Waals surface area contributed by atoms with Gasteiger partial charge in [-0.2, -0.15) is 0 Å². The molecule has 3 N–H and O–H groups in total. The molecule has 0 fully saturated rings. The van der Waals surface area contributed by atoms with Crippen molar-refractivity contribution < 1.29 is 4.79 Å². The van der Waals surface area contributed by atoms with Gasteiger partial charge >= 0.3 is 6.03 Å². The van der Waals surface area contributed by atoms with E-state index in [0.717, 1.165) is 5.56 Å². The van der Waals surface area contributed by atoms with Crippen LogP contribution in [0.4, 0.5) is 10.5 Å². The van der Waals surface area contributed by atoms with Gasteiger partial charge in [-0.15, -0.1) is 0 Å². The minimum atomic E-state index is -0.622. The first kappa shape index (κ1) is 18.8. The lowest BCUT2D eigenvalue weighted by Gasteiger charge is -2.20. The van der Waals surface area contributed by atoms with Gasteiger partial charge in [0.15, 0.2) is 5.43 Å². The molecule has 5 nitrogen and oxygen atoms in total. The number of fused-ring (bicyclic) bond motifs is 1. The van der Waals surface area contributed by atoms with Crippen molar-refractivity contribution in [2.24, 2.45) is 0 Å². The van der Waals surface area contributed by atoms with Crippen molar-refractivity contribution in [3.8, 4) is 0 Å². The Morgan fingerprint density at radius 1 is 0.931 bits per heavy atom. The second-order valence-electron chi connectivity index (χ2n) is 6.57. The molecule has 144 valence electrons. The molecular formula is C23H18ClN3O2. The van der Waals surface area contributed by atoms with Crippen molar-refractivity contribution in [2.75, 3.05) is 5.32 Å². The van der Waals surface area contributed by atoms with Gasteiger partial charge in [-0.25, -0.2) is 4.79 Å². The van der Waals surface area contributed by atoms with Gasteiger partial charge in [0, 0.05) is 27.9 Å². The number of hydrogen-bond acceptors (Lipinski definition) is 2. The highest BCUT2D eigenvalue weighted by Crippen LogP contribution is 2.22. The highest BCUT2D eigenvalue weighted by molar-refractivity contribution is 6.31. The van der Waals surface area contributed by atoms with E-state index < -0.39 is 12.1 Å². The van der Waals surface area contributed by atoms with E-state index in [2.05, 4.69) is 15.6 Å². The summed E-state index contributed by atoms with van der Waals surface area (Å²) in [4.78, 5) is 28.9. The largest absolute Gasteiger partial charge is 0.361 e. The molecule has 0 aliphatic heterocycles. The zero-order chi connectivity index (χ0) is 20.2. The molecule has 4 aromatic rings. The number of pyridine rings is 1. The van der Waals surface area contributed by atoms with Gasteiger partial charge in [-0.1, -0.05) is 60.1 Å². The minimum absolute atomic E-state index is 0.163. The molecule has 4 rings (SSSR count). The third kappa shape index (κ3) is 4.15. The monoisotopic (exact) mass is 403 g/mol. The van der Waals surface area contributed by atoms with Crippen molar-refractivity contribution in [1.29, 1.82) is 0 Å². The fourth-order valence-electron chi connectivity index (χ4n) is 3.23. The third-order valence-electron chi connectivity index (χ3n) is 4.62. The average Bonchev–Trinajstić information content (AvgIpc) is 2.74. The molecule has 6 heteroatoms. The molecule has 0 spiro atoms. The Morgan fingerprint density at radius 3 is 2.34 bits per heavy atom. The number of carbonyl (C=O) groups is 1.